The number of benzene rings is 1. The van der Waals surface area contributed by atoms with E-state index < -0.39 is 24.6 Å². The number of rotatable bonds is 4. The Hall–Kier alpha value is -1.14. The number of halogens is 4. The fraction of sp³-hybridized carbons (Fsp3) is 0.400. The Morgan fingerprint density at radius 1 is 1.19 bits per heavy atom. The fourth-order valence-electron chi connectivity index (χ4n) is 1.07. The predicted octanol–water partition coefficient (Wildman–Crippen LogP) is 1.84. The van der Waals surface area contributed by atoms with Crippen LogP contribution < -0.4 is 5.32 Å². The largest absolute Gasteiger partial charge is 0.415 e. The van der Waals surface area contributed by atoms with Crippen LogP contribution >= 0.6 is 0 Å². The quantitative estimate of drug-likeness (QED) is 0.783. The lowest BCUT2D eigenvalue weighted by molar-refractivity contribution is -0.201. The van der Waals surface area contributed by atoms with Crippen molar-refractivity contribution in [2.24, 2.45) is 0 Å². The van der Waals surface area contributed by atoms with Crippen LogP contribution in [0.15, 0.2) is 24.3 Å². The van der Waals surface area contributed by atoms with Crippen molar-refractivity contribution in [3.63, 3.8) is 0 Å². The zero-order valence-electron chi connectivity index (χ0n) is 8.26. The molecule has 0 heterocycles. The highest BCUT2D eigenvalue weighted by atomic mass is 19.4. The minimum Gasteiger partial charge on any atom is -0.382 e. The monoisotopic (exact) mass is 237 g/mol. The van der Waals surface area contributed by atoms with Gasteiger partial charge in [-0.3, -0.25) is 0 Å². The van der Waals surface area contributed by atoms with Crippen molar-refractivity contribution in [3.8, 4) is 0 Å². The second-order valence-electron chi connectivity index (χ2n) is 3.31. The van der Waals surface area contributed by atoms with Gasteiger partial charge in [0.15, 0.2) is 6.10 Å². The van der Waals surface area contributed by atoms with Crippen LogP contribution in [0.1, 0.15) is 5.56 Å². The molecule has 0 aliphatic carbocycles. The van der Waals surface area contributed by atoms with Gasteiger partial charge in [-0.15, -0.1) is 0 Å². The van der Waals surface area contributed by atoms with Crippen molar-refractivity contribution in [1.82, 2.24) is 5.32 Å². The third-order valence-electron chi connectivity index (χ3n) is 1.96. The molecule has 1 atom stereocenters. The molecule has 0 radical (unpaired) electrons. The smallest absolute Gasteiger partial charge is 0.382 e. The van der Waals surface area contributed by atoms with Crippen LogP contribution in [0.5, 0.6) is 0 Å². The maximum absolute atomic E-state index is 12.5. The highest BCUT2D eigenvalue weighted by molar-refractivity contribution is 5.15. The lowest BCUT2D eigenvalue weighted by Crippen LogP contribution is -2.38. The molecule has 0 saturated carbocycles. The Bertz CT molecular complexity index is 323. The molecule has 16 heavy (non-hydrogen) atoms. The normalized spacial score (nSPS) is 13.8. The van der Waals surface area contributed by atoms with Gasteiger partial charge < -0.3 is 10.4 Å². The van der Waals surface area contributed by atoms with E-state index >= 15 is 0 Å². The molecule has 0 aliphatic rings. The maximum atomic E-state index is 12.5. The summed E-state index contributed by atoms with van der Waals surface area (Å²) < 4.78 is 48.1. The molecule has 0 amide bonds. The summed E-state index contributed by atoms with van der Waals surface area (Å²) >= 11 is 0. The van der Waals surface area contributed by atoms with Crippen LogP contribution in [0.4, 0.5) is 17.6 Å². The molecule has 0 fully saturated rings. The molecule has 2 nitrogen and oxygen atoms in total. The van der Waals surface area contributed by atoms with E-state index in [0.717, 1.165) is 0 Å². The van der Waals surface area contributed by atoms with Gasteiger partial charge in [0.2, 0.25) is 0 Å². The molecule has 0 aromatic heterocycles. The van der Waals surface area contributed by atoms with E-state index in [9.17, 15) is 17.6 Å². The van der Waals surface area contributed by atoms with Gasteiger partial charge in [0.1, 0.15) is 5.82 Å². The predicted molar refractivity (Wildman–Crippen MR) is 50.2 cm³/mol. The van der Waals surface area contributed by atoms with Crippen molar-refractivity contribution in [1.29, 1.82) is 0 Å². The SMILES string of the molecule is OC(CNCc1ccc(F)cc1)C(F)(F)F. The third-order valence-corrected chi connectivity index (χ3v) is 1.96. The lowest BCUT2D eigenvalue weighted by Gasteiger charge is -2.14. The molecule has 1 aromatic rings. The molecule has 0 aliphatic heterocycles. The van der Waals surface area contributed by atoms with Gasteiger partial charge in [0.25, 0.3) is 0 Å². The second-order valence-corrected chi connectivity index (χ2v) is 3.31. The van der Waals surface area contributed by atoms with E-state index in [-0.39, 0.29) is 6.54 Å². The first-order chi connectivity index (χ1) is 7.39. The molecule has 0 saturated heterocycles. The van der Waals surface area contributed by atoms with Gasteiger partial charge in [0, 0.05) is 13.1 Å². The molecule has 90 valence electrons. The van der Waals surface area contributed by atoms with E-state index in [2.05, 4.69) is 5.32 Å². The minimum atomic E-state index is -4.62. The molecular formula is C10H11F4NO. The number of aliphatic hydroxyl groups excluding tert-OH is 1. The number of nitrogens with one attached hydrogen (secondary N) is 1. The van der Waals surface area contributed by atoms with Gasteiger partial charge >= 0.3 is 6.18 Å². The van der Waals surface area contributed by atoms with Gasteiger partial charge in [0.05, 0.1) is 0 Å². The summed E-state index contributed by atoms with van der Waals surface area (Å²) in [5.41, 5.74) is 0.649. The van der Waals surface area contributed by atoms with Crippen molar-refractivity contribution in [2.75, 3.05) is 6.54 Å². The average Bonchev–Trinajstić information content (AvgIpc) is 2.19. The zero-order valence-corrected chi connectivity index (χ0v) is 8.26. The van der Waals surface area contributed by atoms with Crippen molar-refractivity contribution < 1.29 is 22.7 Å². The highest BCUT2D eigenvalue weighted by Crippen LogP contribution is 2.19. The Morgan fingerprint density at radius 2 is 1.75 bits per heavy atom. The Kier molecular flexibility index (Phi) is 4.26. The zero-order chi connectivity index (χ0) is 12.2. The van der Waals surface area contributed by atoms with E-state index in [1.54, 1.807) is 0 Å². The summed E-state index contributed by atoms with van der Waals surface area (Å²) in [6, 6.07) is 5.36. The van der Waals surface area contributed by atoms with Crippen molar-refractivity contribution in [3.05, 3.63) is 35.6 Å². The first-order valence-electron chi connectivity index (χ1n) is 4.59. The summed E-state index contributed by atoms with van der Waals surface area (Å²) in [7, 11) is 0. The first kappa shape index (κ1) is 12.9. The maximum Gasteiger partial charge on any atom is 0.415 e. The van der Waals surface area contributed by atoms with Gasteiger partial charge in [-0.25, -0.2) is 4.39 Å². The number of aliphatic hydroxyl groups is 1. The molecule has 1 aromatic carbocycles. The van der Waals surface area contributed by atoms with E-state index in [4.69, 9.17) is 5.11 Å². The first-order valence-corrected chi connectivity index (χ1v) is 4.59. The molecule has 6 heteroatoms. The molecule has 2 N–H and O–H groups in total. The van der Waals surface area contributed by atoms with Gasteiger partial charge in [-0.1, -0.05) is 12.1 Å². The van der Waals surface area contributed by atoms with Crippen LogP contribution in [-0.2, 0) is 6.54 Å². The minimum absolute atomic E-state index is 0.146. The van der Waals surface area contributed by atoms with Crippen molar-refractivity contribution >= 4 is 0 Å². The fourth-order valence-corrected chi connectivity index (χ4v) is 1.07. The topological polar surface area (TPSA) is 32.3 Å². The van der Waals surface area contributed by atoms with Crippen LogP contribution in [0.3, 0.4) is 0 Å². The van der Waals surface area contributed by atoms with Gasteiger partial charge in [-0.05, 0) is 17.7 Å². The molecule has 1 unspecified atom stereocenters. The van der Waals surface area contributed by atoms with Crippen LogP contribution in [0, 0.1) is 5.82 Å². The summed E-state index contributed by atoms with van der Waals surface area (Å²) in [4.78, 5) is 0. The number of hydrogen-bond donors (Lipinski definition) is 2. The highest BCUT2D eigenvalue weighted by Gasteiger charge is 2.37. The standard InChI is InChI=1S/C10H11F4NO/c11-8-3-1-7(2-4-8)5-15-6-9(16)10(12,13)14/h1-4,9,15-16H,5-6H2. The Labute approximate surface area is 89.9 Å². The average molecular weight is 237 g/mol. The third kappa shape index (κ3) is 4.16. The van der Waals surface area contributed by atoms with E-state index in [0.29, 0.717) is 5.56 Å². The number of hydrogen-bond acceptors (Lipinski definition) is 2. The van der Waals surface area contributed by atoms with Crippen molar-refractivity contribution in [2.45, 2.75) is 18.8 Å². The Balaban J connectivity index is 2.33. The van der Waals surface area contributed by atoms with Crippen LogP contribution in [-0.4, -0.2) is 23.9 Å². The number of alkyl halides is 3. The molecule has 0 spiro atoms. The van der Waals surface area contributed by atoms with E-state index in [1.807, 2.05) is 0 Å². The summed E-state index contributed by atoms with van der Waals surface area (Å²) in [5.74, 6) is -0.404. The lowest BCUT2D eigenvalue weighted by atomic mass is 10.2. The summed E-state index contributed by atoms with van der Waals surface area (Å²) in [6.45, 7) is -0.436. The van der Waals surface area contributed by atoms with E-state index in [1.165, 1.54) is 24.3 Å². The second kappa shape index (κ2) is 5.27. The van der Waals surface area contributed by atoms with Gasteiger partial charge in [-0.2, -0.15) is 13.2 Å². The van der Waals surface area contributed by atoms with Crippen LogP contribution in [0.25, 0.3) is 0 Å². The summed E-state index contributed by atoms with van der Waals surface area (Å²) in [5, 5.41) is 11.1. The molecular weight excluding hydrogens is 226 g/mol. The van der Waals surface area contributed by atoms with Crippen LogP contribution in [0.2, 0.25) is 0 Å². The molecule has 0 bridgehead atoms. The Morgan fingerprint density at radius 3 is 2.25 bits per heavy atom. The molecule has 1 rings (SSSR count). The summed E-state index contributed by atoms with van der Waals surface area (Å²) in [6.07, 6.45) is -7.00.